The summed E-state index contributed by atoms with van der Waals surface area (Å²) in [5, 5.41) is 0. The largest absolute Gasteiger partial charge is 0.496 e. The van der Waals surface area contributed by atoms with Gasteiger partial charge in [-0.25, -0.2) is 4.79 Å². The molecule has 39 heavy (non-hydrogen) atoms. The maximum absolute atomic E-state index is 13.5. The molecule has 8 heteroatoms. The first-order valence-electron chi connectivity index (χ1n) is 13.2. The smallest absolute Gasteiger partial charge is 0.419 e. The Kier molecular flexibility index (Phi) is 6.36. The maximum atomic E-state index is 13.5. The lowest BCUT2D eigenvalue weighted by Gasteiger charge is -2.37. The number of fused-ring (bicyclic) bond motifs is 5. The fourth-order valence-electron chi connectivity index (χ4n) is 6.68. The molecule has 2 fully saturated rings. The summed E-state index contributed by atoms with van der Waals surface area (Å²) >= 11 is 0. The van der Waals surface area contributed by atoms with Crippen LogP contribution in [0.25, 0.3) is 11.1 Å². The number of carbonyl (C=O) groups is 2. The van der Waals surface area contributed by atoms with Crippen LogP contribution in [0, 0.1) is 5.92 Å². The van der Waals surface area contributed by atoms with Gasteiger partial charge in [-0.15, -0.1) is 0 Å². The van der Waals surface area contributed by atoms with Gasteiger partial charge in [0, 0.05) is 29.5 Å². The van der Waals surface area contributed by atoms with E-state index in [0.717, 1.165) is 41.2 Å². The van der Waals surface area contributed by atoms with Gasteiger partial charge in [-0.05, 0) is 66.1 Å². The molecule has 2 aliphatic heterocycles. The number of hydrogen-bond acceptors (Lipinski definition) is 4. The molecule has 0 radical (unpaired) electrons. The van der Waals surface area contributed by atoms with Crippen LogP contribution >= 0.6 is 0 Å². The third kappa shape index (κ3) is 4.45. The maximum Gasteiger partial charge on any atom is 0.419 e. The Balaban J connectivity index is 1.14. The average Bonchev–Trinajstić information content (AvgIpc) is 3.40. The van der Waals surface area contributed by atoms with Crippen LogP contribution in [0.15, 0.2) is 66.7 Å². The normalized spacial score (nSPS) is 21.8. The number of alkyl halides is 3. The van der Waals surface area contributed by atoms with Gasteiger partial charge in [0.1, 0.15) is 12.4 Å². The van der Waals surface area contributed by atoms with Gasteiger partial charge in [-0.3, -0.25) is 4.79 Å². The minimum atomic E-state index is -4.63. The topological polar surface area (TPSA) is 55.8 Å². The van der Waals surface area contributed by atoms with E-state index >= 15 is 0 Å². The number of methoxy groups -OCH3 is 1. The zero-order valence-electron chi connectivity index (χ0n) is 21.4. The van der Waals surface area contributed by atoms with Crippen LogP contribution in [0.2, 0.25) is 0 Å². The summed E-state index contributed by atoms with van der Waals surface area (Å²) in [5.74, 6) is -1.14. The number of piperidine rings is 1. The van der Waals surface area contributed by atoms with Crippen molar-refractivity contribution in [1.29, 1.82) is 0 Å². The van der Waals surface area contributed by atoms with E-state index in [4.69, 9.17) is 9.47 Å². The molecular formula is C31H28F3NO4. The van der Waals surface area contributed by atoms with Crippen molar-refractivity contribution in [2.45, 2.75) is 49.9 Å². The van der Waals surface area contributed by atoms with Crippen molar-refractivity contribution in [1.82, 2.24) is 4.90 Å². The van der Waals surface area contributed by atoms with Crippen molar-refractivity contribution < 1.29 is 32.2 Å². The Morgan fingerprint density at radius 2 is 1.49 bits per heavy atom. The van der Waals surface area contributed by atoms with Gasteiger partial charge in [0.25, 0.3) is 0 Å². The lowest BCUT2D eigenvalue weighted by molar-refractivity contribution is -0.138. The summed E-state index contributed by atoms with van der Waals surface area (Å²) in [6.07, 6.45) is -2.71. The predicted octanol–water partition coefficient (Wildman–Crippen LogP) is 7.09. The second-order valence-corrected chi connectivity index (χ2v) is 10.5. The summed E-state index contributed by atoms with van der Waals surface area (Å²) in [6.45, 7) is 0.219. The fourth-order valence-corrected chi connectivity index (χ4v) is 6.68. The highest BCUT2D eigenvalue weighted by atomic mass is 19.4. The number of ketones is 1. The van der Waals surface area contributed by atoms with Crippen molar-refractivity contribution in [3.63, 3.8) is 0 Å². The molecule has 3 aromatic rings. The summed E-state index contributed by atoms with van der Waals surface area (Å²) in [5.41, 5.74) is 3.63. The first-order chi connectivity index (χ1) is 18.8. The first-order valence-corrected chi connectivity index (χ1v) is 13.2. The SMILES string of the molecule is COc1ccc(C(=O)C2CC3CCC(C2)N3C(=O)OCC2c3ccccc3-c3ccccc32)cc1C(F)(F)F. The van der Waals surface area contributed by atoms with Gasteiger partial charge in [-0.1, -0.05) is 48.5 Å². The molecule has 0 N–H and O–H groups in total. The number of hydrogen-bond donors (Lipinski definition) is 0. The van der Waals surface area contributed by atoms with Crippen molar-refractivity contribution in [2.24, 2.45) is 5.92 Å². The standard InChI is InChI=1S/C31H28F3NO4/c1-38-28-13-10-18(16-27(28)31(32,33)34)29(36)19-14-20-11-12-21(15-19)35(20)30(37)39-17-26-24-8-4-2-6-22(24)23-7-3-5-9-25(23)26/h2-10,13,16,19-21,26H,11-12,14-15,17H2,1H3. The zero-order valence-corrected chi connectivity index (χ0v) is 21.4. The zero-order chi connectivity index (χ0) is 27.3. The molecule has 3 aliphatic rings. The Morgan fingerprint density at radius 3 is 2.05 bits per heavy atom. The van der Waals surface area contributed by atoms with E-state index in [0.29, 0.717) is 12.8 Å². The van der Waals surface area contributed by atoms with Gasteiger partial charge in [-0.2, -0.15) is 13.2 Å². The van der Waals surface area contributed by atoms with E-state index < -0.39 is 17.7 Å². The fraction of sp³-hybridized carbons (Fsp3) is 0.355. The van der Waals surface area contributed by atoms with Gasteiger partial charge >= 0.3 is 12.3 Å². The second kappa shape index (κ2) is 9.74. The van der Waals surface area contributed by atoms with Crippen LogP contribution < -0.4 is 4.74 Å². The van der Waals surface area contributed by atoms with E-state index in [1.54, 1.807) is 4.90 Å². The number of amides is 1. The Hall–Kier alpha value is -3.81. The molecule has 1 amide bonds. The van der Waals surface area contributed by atoms with Gasteiger partial charge in [0.15, 0.2) is 5.78 Å². The molecule has 0 aromatic heterocycles. The molecule has 3 aromatic carbocycles. The van der Waals surface area contributed by atoms with Crippen molar-refractivity contribution in [3.8, 4) is 16.9 Å². The molecule has 6 rings (SSSR count). The Bertz CT molecular complexity index is 1380. The number of Topliss-reactive ketones (excluding diaryl/α,β-unsaturated/α-hetero) is 1. The minimum Gasteiger partial charge on any atom is -0.496 e. The summed E-state index contributed by atoms with van der Waals surface area (Å²) < 4.78 is 51.2. The van der Waals surface area contributed by atoms with Gasteiger partial charge < -0.3 is 14.4 Å². The number of ether oxygens (including phenoxy) is 2. The molecule has 2 unspecified atom stereocenters. The molecule has 0 spiro atoms. The lowest BCUT2D eigenvalue weighted by atomic mass is 9.84. The summed E-state index contributed by atoms with van der Waals surface area (Å²) in [4.78, 5) is 28.3. The van der Waals surface area contributed by atoms with Crippen LogP contribution in [-0.2, 0) is 10.9 Å². The molecule has 5 nitrogen and oxygen atoms in total. The average molecular weight is 536 g/mol. The van der Waals surface area contributed by atoms with Crippen molar-refractivity contribution >= 4 is 11.9 Å². The third-order valence-electron chi connectivity index (χ3n) is 8.44. The molecular weight excluding hydrogens is 507 g/mol. The van der Waals surface area contributed by atoms with E-state index in [2.05, 4.69) is 24.3 Å². The van der Waals surface area contributed by atoms with Gasteiger partial charge in [0.05, 0.1) is 12.7 Å². The van der Waals surface area contributed by atoms with Crippen molar-refractivity contribution in [2.75, 3.05) is 13.7 Å². The van der Waals surface area contributed by atoms with Crippen LogP contribution in [-0.4, -0.2) is 42.6 Å². The summed E-state index contributed by atoms with van der Waals surface area (Å²) in [6, 6.07) is 19.4. The predicted molar refractivity (Wildman–Crippen MR) is 139 cm³/mol. The lowest BCUT2D eigenvalue weighted by Crippen LogP contribution is -2.48. The number of benzene rings is 3. The highest BCUT2D eigenvalue weighted by Gasteiger charge is 2.46. The van der Waals surface area contributed by atoms with Crippen LogP contribution in [0.5, 0.6) is 5.75 Å². The highest BCUT2D eigenvalue weighted by Crippen LogP contribution is 2.45. The number of nitrogens with zero attached hydrogens (tertiary/aromatic N) is 1. The van der Waals surface area contributed by atoms with Crippen LogP contribution in [0.3, 0.4) is 0 Å². The third-order valence-corrected chi connectivity index (χ3v) is 8.44. The van der Waals surface area contributed by atoms with E-state index in [-0.39, 0.29) is 47.8 Å². The van der Waals surface area contributed by atoms with Crippen LogP contribution in [0.1, 0.15) is 58.6 Å². The molecule has 2 saturated heterocycles. The molecule has 0 saturated carbocycles. The summed E-state index contributed by atoms with van der Waals surface area (Å²) in [7, 11) is 1.17. The molecule has 1 aliphatic carbocycles. The van der Waals surface area contributed by atoms with E-state index in [1.807, 2.05) is 24.3 Å². The second-order valence-electron chi connectivity index (χ2n) is 10.5. The monoisotopic (exact) mass is 535 g/mol. The van der Waals surface area contributed by atoms with E-state index in [9.17, 15) is 22.8 Å². The van der Waals surface area contributed by atoms with Crippen LogP contribution in [0.4, 0.5) is 18.0 Å². The first kappa shape index (κ1) is 25.5. The highest BCUT2D eigenvalue weighted by molar-refractivity contribution is 5.98. The number of halogens is 3. The minimum absolute atomic E-state index is 0.0158. The Morgan fingerprint density at radius 1 is 0.897 bits per heavy atom. The molecule has 2 heterocycles. The Labute approximate surface area is 224 Å². The van der Waals surface area contributed by atoms with E-state index in [1.165, 1.54) is 19.2 Å². The van der Waals surface area contributed by atoms with Crippen molar-refractivity contribution in [3.05, 3.63) is 89.0 Å². The molecule has 2 atom stereocenters. The quantitative estimate of drug-likeness (QED) is 0.328. The number of rotatable bonds is 5. The van der Waals surface area contributed by atoms with Gasteiger partial charge in [0.2, 0.25) is 0 Å². The number of carbonyl (C=O) groups excluding carboxylic acids is 2. The molecule has 202 valence electrons. The molecule has 2 bridgehead atoms.